The molecule has 0 bridgehead atoms. The number of hydrogen-bond acceptors (Lipinski definition) is 12. The van der Waals surface area contributed by atoms with E-state index in [0.29, 0.717) is 75.7 Å². The largest absolute Gasteiger partial charge is 0.465 e. The molecule has 0 amide bonds. The zero-order valence-electron chi connectivity index (χ0n) is 29.3. The number of unbranched alkanes of at least 4 members (excludes halogenated alkanes) is 1. The van der Waals surface area contributed by atoms with E-state index in [4.69, 9.17) is 18.9 Å². The summed E-state index contributed by atoms with van der Waals surface area (Å²) in [7, 11) is 0. The molecule has 0 aromatic heterocycles. The van der Waals surface area contributed by atoms with Crippen LogP contribution in [-0.2, 0) is 60.9 Å². The quantitative estimate of drug-likeness (QED) is 0.0489. The molecule has 0 spiro atoms. The van der Waals surface area contributed by atoms with Crippen LogP contribution in [0.15, 0.2) is 73.8 Å². The van der Waals surface area contributed by atoms with Crippen molar-refractivity contribution in [2.24, 2.45) is 23.7 Å². The van der Waals surface area contributed by atoms with Crippen molar-refractivity contribution in [1.29, 1.82) is 0 Å². The van der Waals surface area contributed by atoms with Crippen molar-refractivity contribution in [3.8, 4) is 11.5 Å². The normalized spacial score (nSPS) is 19.6. The Balaban J connectivity index is 1.10. The summed E-state index contributed by atoms with van der Waals surface area (Å²) in [6.07, 6.45) is 8.74. The molecule has 0 N–H and O–H groups in total. The van der Waals surface area contributed by atoms with Crippen LogP contribution in [0.3, 0.4) is 0 Å². The molecule has 2 aliphatic carbocycles. The third-order valence-corrected chi connectivity index (χ3v) is 9.34. The maximum absolute atomic E-state index is 12.8. The van der Waals surface area contributed by atoms with E-state index in [9.17, 15) is 28.8 Å². The minimum atomic E-state index is -0.849. The van der Waals surface area contributed by atoms with Gasteiger partial charge in [-0.1, -0.05) is 37.4 Å². The van der Waals surface area contributed by atoms with E-state index in [-0.39, 0.29) is 48.9 Å². The summed E-state index contributed by atoms with van der Waals surface area (Å²) in [6, 6.07) is 14.8. The van der Waals surface area contributed by atoms with Crippen LogP contribution in [0.5, 0.6) is 11.5 Å². The molecular weight excluding hydrogens is 672 g/mol. The molecule has 12 nitrogen and oxygen atoms in total. The van der Waals surface area contributed by atoms with Crippen LogP contribution in [0.25, 0.3) is 0 Å². The standard InChI is InChI=1S/C40H46O12/c1-3-35(41)47-25-5-6-26-48-37(43)29-13-15-30(16-14-29)38(44)49-33-21-9-27(10-22-33)7-8-28-11-23-34(24-12-28)50-39(45)31-17-19-32(20-18-31)40(46)52-51-36(42)4-2/h3-4,9-12,21-24,29-32H,1-2,5-8,13-20,25-26H2. The lowest BCUT2D eigenvalue weighted by atomic mass is 9.82. The van der Waals surface area contributed by atoms with E-state index < -0.39 is 23.8 Å². The lowest BCUT2D eigenvalue weighted by Gasteiger charge is -2.25. The second-order valence-electron chi connectivity index (χ2n) is 13.0. The first-order valence-corrected chi connectivity index (χ1v) is 17.8. The minimum absolute atomic E-state index is 0.233. The summed E-state index contributed by atoms with van der Waals surface area (Å²) in [5, 5.41) is 0. The van der Waals surface area contributed by atoms with Crippen LogP contribution >= 0.6 is 0 Å². The lowest BCUT2D eigenvalue weighted by molar-refractivity contribution is -0.259. The number of rotatable bonds is 16. The second kappa shape index (κ2) is 20.6. The van der Waals surface area contributed by atoms with Crippen LogP contribution in [0, 0.1) is 23.7 Å². The number of carbonyl (C=O) groups excluding carboxylic acids is 6. The first-order chi connectivity index (χ1) is 25.1. The van der Waals surface area contributed by atoms with Crippen molar-refractivity contribution in [1.82, 2.24) is 0 Å². The number of hydrogen-bond donors (Lipinski definition) is 0. The van der Waals surface area contributed by atoms with Gasteiger partial charge in [0.1, 0.15) is 11.5 Å². The van der Waals surface area contributed by atoms with Crippen LogP contribution in [0.4, 0.5) is 0 Å². The van der Waals surface area contributed by atoms with E-state index in [2.05, 4.69) is 22.9 Å². The Labute approximate surface area is 303 Å². The maximum atomic E-state index is 12.8. The Morgan fingerprint density at radius 3 is 1.31 bits per heavy atom. The van der Waals surface area contributed by atoms with Gasteiger partial charge >= 0.3 is 35.8 Å². The molecule has 0 heterocycles. The van der Waals surface area contributed by atoms with E-state index in [1.807, 2.05) is 24.3 Å². The van der Waals surface area contributed by atoms with Crippen LogP contribution < -0.4 is 9.47 Å². The predicted molar refractivity (Wildman–Crippen MR) is 186 cm³/mol. The van der Waals surface area contributed by atoms with Gasteiger partial charge in [-0.25, -0.2) is 24.2 Å². The SMILES string of the molecule is C=CC(=O)OCCCCOC(=O)C1CCC(C(=O)Oc2ccc(CCc3ccc(OC(=O)C4CCC(C(=O)OOC(=O)C=C)CC4)cc3)cc2)CC1. The monoisotopic (exact) mass is 718 g/mol. The molecule has 2 fully saturated rings. The first-order valence-electron chi connectivity index (χ1n) is 17.8. The molecule has 0 saturated heterocycles. The fourth-order valence-electron chi connectivity index (χ4n) is 6.18. The molecule has 0 aliphatic heterocycles. The highest BCUT2D eigenvalue weighted by Gasteiger charge is 2.33. The van der Waals surface area contributed by atoms with E-state index in [1.165, 1.54) is 0 Å². The summed E-state index contributed by atoms with van der Waals surface area (Å²) in [4.78, 5) is 81.0. The molecule has 278 valence electrons. The van der Waals surface area contributed by atoms with Crippen LogP contribution in [0.2, 0.25) is 0 Å². The van der Waals surface area contributed by atoms with E-state index >= 15 is 0 Å². The average molecular weight is 719 g/mol. The molecule has 2 saturated carbocycles. The highest BCUT2D eigenvalue weighted by molar-refractivity contribution is 5.82. The Kier molecular flexibility index (Phi) is 15.6. The van der Waals surface area contributed by atoms with Crippen molar-refractivity contribution in [2.45, 2.75) is 77.0 Å². The smallest absolute Gasteiger partial charge is 0.378 e. The number of aryl methyl sites for hydroxylation is 2. The van der Waals surface area contributed by atoms with Crippen molar-refractivity contribution in [3.05, 3.63) is 85.0 Å². The van der Waals surface area contributed by atoms with Gasteiger partial charge in [-0.15, -0.1) is 0 Å². The zero-order chi connectivity index (χ0) is 37.3. The Hall–Kier alpha value is -5.26. The molecule has 2 aromatic rings. The molecule has 52 heavy (non-hydrogen) atoms. The van der Waals surface area contributed by atoms with Gasteiger partial charge < -0.3 is 18.9 Å². The van der Waals surface area contributed by atoms with Gasteiger partial charge in [-0.05, 0) is 112 Å². The third kappa shape index (κ3) is 12.8. The van der Waals surface area contributed by atoms with Gasteiger partial charge in [0.15, 0.2) is 0 Å². The number of ether oxygens (including phenoxy) is 4. The number of carbonyl (C=O) groups is 6. The predicted octanol–water partition coefficient (Wildman–Crippen LogP) is 6.14. The molecule has 0 unspecified atom stereocenters. The fraction of sp³-hybridized carbons (Fsp3) is 0.450. The van der Waals surface area contributed by atoms with Crippen LogP contribution in [0.1, 0.15) is 75.3 Å². The average Bonchev–Trinajstić information content (AvgIpc) is 3.18. The van der Waals surface area contributed by atoms with Crippen molar-refractivity contribution in [3.63, 3.8) is 0 Å². The van der Waals surface area contributed by atoms with E-state index in [0.717, 1.165) is 36.1 Å². The molecule has 2 aromatic carbocycles. The van der Waals surface area contributed by atoms with Crippen molar-refractivity contribution >= 4 is 35.8 Å². The van der Waals surface area contributed by atoms with Gasteiger partial charge in [-0.2, -0.15) is 0 Å². The Morgan fingerprint density at radius 1 is 0.500 bits per heavy atom. The summed E-state index contributed by atoms with van der Waals surface area (Å²) in [6.45, 7) is 7.09. The number of esters is 4. The third-order valence-electron chi connectivity index (χ3n) is 9.34. The minimum Gasteiger partial charge on any atom is -0.465 e. The zero-order valence-corrected chi connectivity index (χ0v) is 29.3. The second-order valence-corrected chi connectivity index (χ2v) is 13.0. The van der Waals surface area contributed by atoms with Crippen molar-refractivity contribution in [2.75, 3.05) is 13.2 Å². The van der Waals surface area contributed by atoms with Gasteiger partial charge in [0.2, 0.25) is 0 Å². The molecular formula is C40H46O12. The molecule has 0 radical (unpaired) electrons. The number of benzene rings is 2. The van der Waals surface area contributed by atoms with Gasteiger partial charge in [-0.3, -0.25) is 14.4 Å². The van der Waals surface area contributed by atoms with Crippen molar-refractivity contribution < 1.29 is 57.5 Å². The summed E-state index contributed by atoms with van der Waals surface area (Å²) in [5.41, 5.74) is 2.14. The summed E-state index contributed by atoms with van der Waals surface area (Å²) < 4.78 is 21.5. The highest BCUT2D eigenvalue weighted by Crippen LogP contribution is 2.32. The molecule has 0 atom stereocenters. The Bertz CT molecular complexity index is 1550. The molecule has 4 rings (SSSR count). The van der Waals surface area contributed by atoms with Crippen LogP contribution in [-0.4, -0.2) is 49.0 Å². The summed E-state index contributed by atoms with van der Waals surface area (Å²) >= 11 is 0. The van der Waals surface area contributed by atoms with Gasteiger partial charge in [0, 0.05) is 12.2 Å². The van der Waals surface area contributed by atoms with Gasteiger partial charge in [0.05, 0.1) is 36.9 Å². The molecule has 2 aliphatic rings. The van der Waals surface area contributed by atoms with E-state index in [1.54, 1.807) is 24.3 Å². The lowest BCUT2D eigenvalue weighted by Crippen LogP contribution is -2.29. The summed E-state index contributed by atoms with van der Waals surface area (Å²) in [5.74, 6) is -3.22. The highest BCUT2D eigenvalue weighted by atomic mass is 17.2. The molecule has 12 heteroatoms. The maximum Gasteiger partial charge on any atom is 0.378 e. The Morgan fingerprint density at radius 2 is 0.885 bits per heavy atom. The topological polar surface area (TPSA) is 158 Å². The first kappa shape index (κ1) is 39.5. The van der Waals surface area contributed by atoms with Gasteiger partial charge in [0.25, 0.3) is 0 Å². The fourth-order valence-corrected chi connectivity index (χ4v) is 6.18.